The summed E-state index contributed by atoms with van der Waals surface area (Å²) >= 11 is 6.29. The minimum absolute atomic E-state index is 0.241. The molecule has 1 unspecified atom stereocenters. The molecule has 21 heavy (non-hydrogen) atoms. The van der Waals surface area contributed by atoms with Crippen molar-refractivity contribution in [1.82, 2.24) is 9.78 Å². The molecule has 0 bridgehead atoms. The van der Waals surface area contributed by atoms with Crippen molar-refractivity contribution in [2.24, 2.45) is 5.73 Å². The summed E-state index contributed by atoms with van der Waals surface area (Å²) in [5.74, 6) is 0. The second kappa shape index (κ2) is 7.77. The number of nitrogens with two attached hydrogens (primary N) is 1. The van der Waals surface area contributed by atoms with Crippen LogP contribution in [0.5, 0.6) is 0 Å². The molecule has 2 rings (SSSR count). The monoisotopic (exact) mass is 314 g/mol. The molecule has 1 saturated heterocycles. The SMILES string of the molecule is COCCn1ncc(N2CCCCC2CCN)c(Cl)c1=O. The number of nitrogens with zero attached hydrogens (tertiary/aromatic N) is 3. The Hall–Kier alpha value is -1.11. The van der Waals surface area contributed by atoms with E-state index >= 15 is 0 Å². The minimum Gasteiger partial charge on any atom is -0.383 e. The summed E-state index contributed by atoms with van der Waals surface area (Å²) in [4.78, 5) is 14.5. The summed E-state index contributed by atoms with van der Waals surface area (Å²) in [6.07, 6.45) is 5.97. The van der Waals surface area contributed by atoms with E-state index in [-0.39, 0.29) is 10.6 Å². The number of anilines is 1. The van der Waals surface area contributed by atoms with E-state index in [0.29, 0.717) is 25.7 Å². The zero-order chi connectivity index (χ0) is 15.2. The maximum Gasteiger partial charge on any atom is 0.287 e. The van der Waals surface area contributed by atoms with Crippen LogP contribution in [0.25, 0.3) is 0 Å². The lowest BCUT2D eigenvalue weighted by atomic mass is 9.99. The van der Waals surface area contributed by atoms with E-state index in [2.05, 4.69) is 10.00 Å². The standard InChI is InChI=1S/C14H23ClN4O2/c1-21-9-8-19-14(20)13(15)12(10-17-19)18-7-3-2-4-11(18)5-6-16/h10-11H,2-9,16H2,1H3. The van der Waals surface area contributed by atoms with Crippen molar-refractivity contribution >= 4 is 17.3 Å². The number of halogens is 1. The summed E-state index contributed by atoms with van der Waals surface area (Å²) in [6.45, 7) is 2.37. The Kier molecular flexibility index (Phi) is 6.02. The zero-order valence-electron chi connectivity index (χ0n) is 12.4. The average molecular weight is 315 g/mol. The highest BCUT2D eigenvalue weighted by atomic mass is 35.5. The van der Waals surface area contributed by atoms with Crippen LogP contribution in [0.4, 0.5) is 5.69 Å². The van der Waals surface area contributed by atoms with Crippen LogP contribution >= 0.6 is 11.6 Å². The van der Waals surface area contributed by atoms with Gasteiger partial charge in [-0.15, -0.1) is 0 Å². The van der Waals surface area contributed by atoms with Crippen LogP contribution in [0, 0.1) is 0 Å². The smallest absolute Gasteiger partial charge is 0.287 e. The number of aromatic nitrogens is 2. The second-order valence-electron chi connectivity index (χ2n) is 5.29. The van der Waals surface area contributed by atoms with Gasteiger partial charge in [0.1, 0.15) is 5.02 Å². The Balaban J connectivity index is 2.26. The lowest BCUT2D eigenvalue weighted by molar-refractivity contribution is 0.182. The summed E-state index contributed by atoms with van der Waals surface area (Å²) in [7, 11) is 1.59. The summed E-state index contributed by atoms with van der Waals surface area (Å²) in [5, 5.41) is 4.45. The molecule has 6 nitrogen and oxygen atoms in total. The first-order chi connectivity index (χ1) is 10.2. The fourth-order valence-corrected chi connectivity index (χ4v) is 3.06. The average Bonchev–Trinajstić information content (AvgIpc) is 2.50. The Morgan fingerprint density at radius 3 is 3.05 bits per heavy atom. The van der Waals surface area contributed by atoms with E-state index in [0.717, 1.165) is 31.5 Å². The highest BCUT2D eigenvalue weighted by molar-refractivity contribution is 6.33. The molecule has 2 heterocycles. The van der Waals surface area contributed by atoms with Crippen LogP contribution in [-0.2, 0) is 11.3 Å². The van der Waals surface area contributed by atoms with E-state index in [4.69, 9.17) is 22.1 Å². The third-order valence-electron chi connectivity index (χ3n) is 3.91. The van der Waals surface area contributed by atoms with Gasteiger partial charge in [-0.05, 0) is 32.2 Å². The molecular formula is C14H23ClN4O2. The van der Waals surface area contributed by atoms with Crippen molar-refractivity contribution in [2.45, 2.75) is 38.3 Å². The number of rotatable bonds is 6. The Bertz CT molecular complexity index is 518. The Labute approximate surface area is 129 Å². The molecule has 1 aliphatic heterocycles. The van der Waals surface area contributed by atoms with Crippen molar-refractivity contribution in [3.8, 4) is 0 Å². The van der Waals surface area contributed by atoms with Crippen molar-refractivity contribution in [1.29, 1.82) is 0 Å². The molecule has 1 aromatic rings. The van der Waals surface area contributed by atoms with Crippen molar-refractivity contribution in [3.63, 3.8) is 0 Å². The molecule has 7 heteroatoms. The molecule has 1 aromatic heterocycles. The van der Waals surface area contributed by atoms with Crippen LogP contribution in [0.1, 0.15) is 25.7 Å². The molecule has 2 N–H and O–H groups in total. The maximum absolute atomic E-state index is 12.3. The molecule has 118 valence electrons. The summed E-state index contributed by atoms with van der Waals surface area (Å²) < 4.78 is 6.31. The Morgan fingerprint density at radius 1 is 1.52 bits per heavy atom. The first kappa shape index (κ1) is 16.3. The van der Waals surface area contributed by atoms with E-state index in [1.54, 1.807) is 13.3 Å². The number of piperidine rings is 1. The van der Waals surface area contributed by atoms with Gasteiger partial charge in [0, 0.05) is 19.7 Å². The number of hydrogen-bond acceptors (Lipinski definition) is 5. The minimum atomic E-state index is -0.261. The molecule has 1 atom stereocenters. The van der Waals surface area contributed by atoms with E-state index < -0.39 is 0 Å². The van der Waals surface area contributed by atoms with Gasteiger partial charge in [0.25, 0.3) is 5.56 Å². The van der Waals surface area contributed by atoms with E-state index in [1.165, 1.54) is 11.1 Å². The van der Waals surface area contributed by atoms with E-state index in [9.17, 15) is 4.79 Å². The first-order valence-corrected chi connectivity index (χ1v) is 7.78. The van der Waals surface area contributed by atoms with Crippen molar-refractivity contribution in [3.05, 3.63) is 21.6 Å². The highest BCUT2D eigenvalue weighted by Crippen LogP contribution is 2.29. The van der Waals surface area contributed by atoms with Gasteiger partial charge >= 0.3 is 0 Å². The maximum atomic E-state index is 12.3. The zero-order valence-corrected chi connectivity index (χ0v) is 13.2. The van der Waals surface area contributed by atoms with Gasteiger partial charge in [-0.25, -0.2) is 4.68 Å². The second-order valence-corrected chi connectivity index (χ2v) is 5.66. The predicted octanol–water partition coefficient (Wildman–Crippen LogP) is 1.25. The molecule has 1 aliphatic rings. The third kappa shape index (κ3) is 3.75. The lowest BCUT2D eigenvalue weighted by Gasteiger charge is -2.37. The highest BCUT2D eigenvalue weighted by Gasteiger charge is 2.25. The summed E-state index contributed by atoms with van der Waals surface area (Å²) in [6, 6.07) is 0.345. The van der Waals surface area contributed by atoms with Gasteiger partial charge in [0.05, 0.1) is 25.0 Å². The first-order valence-electron chi connectivity index (χ1n) is 7.40. The van der Waals surface area contributed by atoms with Crippen LogP contribution in [-0.4, -0.2) is 42.6 Å². The van der Waals surface area contributed by atoms with Gasteiger partial charge < -0.3 is 15.4 Å². The van der Waals surface area contributed by atoms with Gasteiger partial charge in [0.2, 0.25) is 0 Å². The molecule has 0 aliphatic carbocycles. The summed E-state index contributed by atoms with van der Waals surface area (Å²) in [5.41, 5.74) is 6.16. The molecule has 1 fully saturated rings. The molecule has 0 radical (unpaired) electrons. The molecular weight excluding hydrogens is 292 g/mol. The molecule has 0 aromatic carbocycles. The molecule has 0 saturated carbocycles. The molecule has 0 spiro atoms. The van der Waals surface area contributed by atoms with Crippen LogP contribution in [0.15, 0.2) is 11.0 Å². The van der Waals surface area contributed by atoms with Crippen LogP contribution in [0.3, 0.4) is 0 Å². The topological polar surface area (TPSA) is 73.4 Å². The fraction of sp³-hybridized carbons (Fsp3) is 0.714. The van der Waals surface area contributed by atoms with Gasteiger partial charge in [0.15, 0.2) is 0 Å². The normalized spacial score (nSPS) is 19.0. The van der Waals surface area contributed by atoms with Gasteiger partial charge in [-0.3, -0.25) is 4.79 Å². The lowest BCUT2D eigenvalue weighted by Crippen LogP contribution is -2.42. The molecule has 0 amide bonds. The predicted molar refractivity (Wildman–Crippen MR) is 84.0 cm³/mol. The fourth-order valence-electron chi connectivity index (χ4n) is 2.80. The number of methoxy groups -OCH3 is 1. The van der Waals surface area contributed by atoms with Crippen molar-refractivity contribution < 1.29 is 4.74 Å². The number of hydrogen-bond donors (Lipinski definition) is 1. The number of ether oxygens (including phenoxy) is 1. The van der Waals surface area contributed by atoms with Crippen LogP contribution < -0.4 is 16.2 Å². The largest absolute Gasteiger partial charge is 0.383 e. The van der Waals surface area contributed by atoms with Gasteiger partial charge in [-0.1, -0.05) is 11.6 Å². The quantitative estimate of drug-likeness (QED) is 0.855. The van der Waals surface area contributed by atoms with Gasteiger partial charge in [-0.2, -0.15) is 5.10 Å². The van der Waals surface area contributed by atoms with E-state index in [1.807, 2.05) is 0 Å². The van der Waals surface area contributed by atoms with Crippen molar-refractivity contribution in [2.75, 3.05) is 31.7 Å². The third-order valence-corrected chi connectivity index (χ3v) is 4.27. The van der Waals surface area contributed by atoms with Crippen LogP contribution in [0.2, 0.25) is 5.02 Å². The Morgan fingerprint density at radius 2 is 2.33 bits per heavy atom.